The fourth-order valence-corrected chi connectivity index (χ4v) is 2.42. The fraction of sp³-hybridized carbons (Fsp3) is 0.0625. The summed E-state index contributed by atoms with van der Waals surface area (Å²) in [4.78, 5) is 12.1. The predicted octanol–water partition coefficient (Wildman–Crippen LogP) is 4.07. The maximum Gasteiger partial charge on any atom is 0.244 e. The van der Waals surface area contributed by atoms with E-state index in [0.717, 1.165) is 10.9 Å². The van der Waals surface area contributed by atoms with Crippen molar-refractivity contribution in [2.75, 3.05) is 5.32 Å². The lowest BCUT2D eigenvalue weighted by Crippen LogP contribution is -2.18. The number of anilines is 1. The average Bonchev–Trinajstić information content (AvgIpc) is 2.81. The zero-order valence-corrected chi connectivity index (χ0v) is 11.8. The lowest BCUT2D eigenvalue weighted by atomic mass is 10.2. The van der Waals surface area contributed by atoms with Gasteiger partial charge in [0.05, 0.1) is 0 Å². The van der Waals surface area contributed by atoms with E-state index >= 15 is 0 Å². The zero-order chi connectivity index (χ0) is 14.8. The SMILES string of the molecule is O=C(Cn1ccc2cc(F)ccc21)Nc1cccc(Cl)c1. The van der Waals surface area contributed by atoms with E-state index < -0.39 is 0 Å². The second-order valence-corrected chi connectivity index (χ2v) is 5.14. The molecule has 0 saturated carbocycles. The summed E-state index contributed by atoms with van der Waals surface area (Å²) in [7, 11) is 0. The molecule has 0 aliphatic rings. The summed E-state index contributed by atoms with van der Waals surface area (Å²) < 4.78 is 14.9. The Hall–Kier alpha value is -2.33. The number of fused-ring (bicyclic) bond motifs is 1. The van der Waals surface area contributed by atoms with Gasteiger partial charge in [0.2, 0.25) is 5.91 Å². The van der Waals surface area contributed by atoms with Crippen LogP contribution in [0, 0.1) is 5.82 Å². The highest BCUT2D eigenvalue weighted by atomic mass is 35.5. The van der Waals surface area contributed by atoms with Crippen molar-refractivity contribution in [1.82, 2.24) is 4.57 Å². The number of aromatic nitrogens is 1. The Kier molecular flexibility index (Phi) is 3.62. The molecule has 0 atom stereocenters. The number of benzene rings is 2. The van der Waals surface area contributed by atoms with E-state index in [2.05, 4.69) is 5.32 Å². The number of hydrogen-bond acceptors (Lipinski definition) is 1. The molecular weight excluding hydrogens is 291 g/mol. The number of halogens is 2. The molecule has 0 spiro atoms. The smallest absolute Gasteiger partial charge is 0.244 e. The molecule has 106 valence electrons. The molecule has 0 radical (unpaired) electrons. The monoisotopic (exact) mass is 302 g/mol. The number of carbonyl (C=O) groups is 1. The molecule has 3 aromatic rings. The summed E-state index contributed by atoms with van der Waals surface area (Å²) in [6, 6.07) is 13.2. The number of nitrogens with zero attached hydrogens (tertiary/aromatic N) is 1. The van der Waals surface area contributed by atoms with Crippen LogP contribution in [0.4, 0.5) is 10.1 Å². The third-order valence-corrected chi connectivity index (χ3v) is 3.39. The second kappa shape index (κ2) is 5.58. The van der Waals surface area contributed by atoms with Crippen LogP contribution in [0.2, 0.25) is 5.02 Å². The summed E-state index contributed by atoms with van der Waals surface area (Å²) in [6.45, 7) is 0.154. The molecule has 3 nitrogen and oxygen atoms in total. The first-order chi connectivity index (χ1) is 10.1. The minimum atomic E-state index is -0.288. The summed E-state index contributed by atoms with van der Waals surface area (Å²) >= 11 is 5.87. The Morgan fingerprint density at radius 3 is 2.86 bits per heavy atom. The third-order valence-electron chi connectivity index (χ3n) is 3.16. The van der Waals surface area contributed by atoms with Crippen LogP contribution in [0.5, 0.6) is 0 Å². The van der Waals surface area contributed by atoms with Crippen molar-refractivity contribution in [1.29, 1.82) is 0 Å². The Bertz CT molecular complexity index is 813. The first kappa shape index (κ1) is 13.6. The number of amides is 1. The predicted molar refractivity (Wildman–Crippen MR) is 82.0 cm³/mol. The molecule has 2 aromatic carbocycles. The van der Waals surface area contributed by atoms with Crippen LogP contribution in [-0.4, -0.2) is 10.5 Å². The average molecular weight is 303 g/mol. The van der Waals surface area contributed by atoms with Crippen molar-refractivity contribution in [2.45, 2.75) is 6.54 Å². The van der Waals surface area contributed by atoms with Gasteiger partial charge in [0, 0.05) is 27.8 Å². The summed E-state index contributed by atoms with van der Waals surface area (Å²) in [5.74, 6) is -0.456. The van der Waals surface area contributed by atoms with Gasteiger partial charge < -0.3 is 9.88 Å². The van der Waals surface area contributed by atoms with Crippen LogP contribution in [0.25, 0.3) is 10.9 Å². The van der Waals surface area contributed by atoms with Gasteiger partial charge in [-0.3, -0.25) is 4.79 Å². The molecule has 0 fully saturated rings. The molecular formula is C16H12ClFN2O. The van der Waals surface area contributed by atoms with Crippen molar-refractivity contribution in [3.05, 3.63) is 65.6 Å². The van der Waals surface area contributed by atoms with Crippen molar-refractivity contribution in [3.8, 4) is 0 Å². The first-order valence-electron chi connectivity index (χ1n) is 6.42. The van der Waals surface area contributed by atoms with Crippen molar-refractivity contribution >= 4 is 34.1 Å². The highest BCUT2D eigenvalue weighted by Crippen LogP contribution is 2.18. The Labute approximate surface area is 125 Å². The Balaban J connectivity index is 1.77. The molecule has 1 amide bonds. The third kappa shape index (κ3) is 3.06. The molecule has 3 rings (SSSR count). The molecule has 0 aliphatic carbocycles. The van der Waals surface area contributed by atoms with Gasteiger partial charge in [0.1, 0.15) is 12.4 Å². The highest BCUT2D eigenvalue weighted by Gasteiger charge is 2.07. The van der Waals surface area contributed by atoms with Gasteiger partial charge in [-0.15, -0.1) is 0 Å². The van der Waals surface area contributed by atoms with Crippen LogP contribution >= 0.6 is 11.6 Å². The van der Waals surface area contributed by atoms with Gasteiger partial charge in [-0.05, 0) is 42.5 Å². The summed E-state index contributed by atoms with van der Waals surface area (Å²) in [6.07, 6.45) is 1.77. The maximum absolute atomic E-state index is 13.1. The van der Waals surface area contributed by atoms with Crippen LogP contribution < -0.4 is 5.32 Å². The highest BCUT2D eigenvalue weighted by molar-refractivity contribution is 6.30. The van der Waals surface area contributed by atoms with Gasteiger partial charge in [0.15, 0.2) is 0 Å². The lowest BCUT2D eigenvalue weighted by molar-refractivity contribution is -0.116. The topological polar surface area (TPSA) is 34.0 Å². The normalized spacial score (nSPS) is 10.8. The van der Waals surface area contributed by atoms with E-state index in [1.54, 1.807) is 47.2 Å². The van der Waals surface area contributed by atoms with Gasteiger partial charge >= 0.3 is 0 Å². The van der Waals surface area contributed by atoms with Crippen LogP contribution in [0.3, 0.4) is 0 Å². The van der Waals surface area contributed by atoms with Crippen molar-refractivity contribution in [3.63, 3.8) is 0 Å². The molecule has 1 aromatic heterocycles. The van der Waals surface area contributed by atoms with Gasteiger partial charge in [-0.25, -0.2) is 4.39 Å². The van der Waals surface area contributed by atoms with Crippen LogP contribution in [0.1, 0.15) is 0 Å². The molecule has 0 aliphatic heterocycles. The Morgan fingerprint density at radius 1 is 1.19 bits per heavy atom. The van der Waals surface area contributed by atoms with Gasteiger partial charge in [-0.1, -0.05) is 17.7 Å². The molecule has 0 bridgehead atoms. The molecule has 0 saturated heterocycles. The first-order valence-corrected chi connectivity index (χ1v) is 6.79. The molecule has 0 unspecified atom stereocenters. The molecule has 21 heavy (non-hydrogen) atoms. The van der Waals surface area contributed by atoms with Gasteiger partial charge in [-0.2, -0.15) is 0 Å². The molecule has 1 heterocycles. The molecule has 1 N–H and O–H groups in total. The van der Waals surface area contributed by atoms with E-state index in [4.69, 9.17) is 11.6 Å². The quantitative estimate of drug-likeness (QED) is 0.777. The summed E-state index contributed by atoms with van der Waals surface area (Å²) in [5.41, 5.74) is 1.47. The lowest BCUT2D eigenvalue weighted by Gasteiger charge is -2.07. The number of nitrogens with one attached hydrogen (secondary N) is 1. The van der Waals surface area contributed by atoms with E-state index in [9.17, 15) is 9.18 Å². The van der Waals surface area contributed by atoms with Gasteiger partial charge in [0.25, 0.3) is 0 Å². The fourth-order valence-electron chi connectivity index (χ4n) is 2.23. The zero-order valence-electron chi connectivity index (χ0n) is 11.0. The Morgan fingerprint density at radius 2 is 2.05 bits per heavy atom. The second-order valence-electron chi connectivity index (χ2n) is 4.71. The summed E-state index contributed by atoms with van der Waals surface area (Å²) in [5, 5.41) is 4.11. The standard InChI is InChI=1S/C16H12ClFN2O/c17-12-2-1-3-14(9-12)19-16(21)10-20-7-6-11-8-13(18)4-5-15(11)20/h1-9H,10H2,(H,19,21). The van der Waals surface area contributed by atoms with Crippen LogP contribution in [0.15, 0.2) is 54.7 Å². The largest absolute Gasteiger partial charge is 0.338 e. The van der Waals surface area contributed by atoms with Crippen molar-refractivity contribution < 1.29 is 9.18 Å². The number of carbonyl (C=O) groups excluding carboxylic acids is 1. The minimum Gasteiger partial charge on any atom is -0.338 e. The van der Waals surface area contributed by atoms with Crippen LogP contribution in [-0.2, 0) is 11.3 Å². The minimum absolute atomic E-state index is 0.154. The number of rotatable bonds is 3. The van der Waals surface area contributed by atoms with Crippen molar-refractivity contribution in [2.24, 2.45) is 0 Å². The molecule has 5 heteroatoms. The van der Waals surface area contributed by atoms with E-state index in [1.807, 2.05) is 0 Å². The van der Waals surface area contributed by atoms with E-state index in [0.29, 0.717) is 10.7 Å². The number of hydrogen-bond donors (Lipinski definition) is 1. The van der Waals surface area contributed by atoms with E-state index in [1.165, 1.54) is 12.1 Å². The maximum atomic E-state index is 13.1. The van der Waals surface area contributed by atoms with E-state index in [-0.39, 0.29) is 18.3 Å².